The van der Waals surface area contributed by atoms with Gasteiger partial charge in [0.2, 0.25) is 0 Å². The first-order valence-electron chi connectivity index (χ1n) is 7.02. The molecule has 1 aliphatic rings. The van der Waals surface area contributed by atoms with E-state index in [9.17, 15) is 4.39 Å². The third kappa shape index (κ3) is 3.52. The average Bonchev–Trinajstić information content (AvgIpc) is 2.49. The molecule has 0 saturated heterocycles. The molecule has 0 N–H and O–H groups in total. The molecule has 0 saturated carbocycles. The van der Waals surface area contributed by atoms with Crippen molar-refractivity contribution in [3.63, 3.8) is 0 Å². The van der Waals surface area contributed by atoms with E-state index in [0.29, 0.717) is 13.2 Å². The molecule has 0 fully saturated rings. The van der Waals surface area contributed by atoms with Crippen LogP contribution in [-0.4, -0.2) is 25.2 Å². The largest absolute Gasteiger partial charge is 0.486 e. The van der Waals surface area contributed by atoms with Crippen LogP contribution in [0.2, 0.25) is 0 Å². The number of rotatable bonds is 4. The van der Waals surface area contributed by atoms with Crippen LogP contribution in [0.25, 0.3) is 0 Å². The molecule has 0 aromatic heterocycles. The second-order valence-electron chi connectivity index (χ2n) is 5.28. The number of halogens is 1. The van der Waals surface area contributed by atoms with E-state index in [1.807, 2.05) is 31.3 Å². The summed E-state index contributed by atoms with van der Waals surface area (Å²) in [5.74, 6) is 1.42. The molecule has 1 heterocycles. The van der Waals surface area contributed by atoms with Gasteiger partial charge in [-0.1, -0.05) is 18.2 Å². The number of ether oxygens (including phenoxy) is 2. The van der Waals surface area contributed by atoms with Crippen LogP contribution in [0.5, 0.6) is 11.5 Å². The molecule has 0 unspecified atom stereocenters. The highest BCUT2D eigenvalue weighted by Crippen LogP contribution is 2.31. The molecule has 3 nitrogen and oxygen atoms in total. The Morgan fingerprint density at radius 1 is 0.905 bits per heavy atom. The van der Waals surface area contributed by atoms with Crippen LogP contribution < -0.4 is 9.47 Å². The fourth-order valence-electron chi connectivity index (χ4n) is 2.46. The standard InChI is InChI=1S/C17H18FNO2/c1-19(11-13-2-5-15(18)6-3-13)12-14-4-7-16-17(10-14)21-9-8-20-16/h2-7,10H,8-9,11-12H2,1H3. The lowest BCUT2D eigenvalue weighted by Crippen LogP contribution is -2.18. The van der Waals surface area contributed by atoms with Crippen LogP contribution >= 0.6 is 0 Å². The zero-order valence-corrected chi connectivity index (χ0v) is 12.0. The first-order chi connectivity index (χ1) is 10.2. The Bertz CT molecular complexity index is 613. The Morgan fingerprint density at radius 2 is 1.52 bits per heavy atom. The number of benzene rings is 2. The van der Waals surface area contributed by atoms with Gasteiger partial charge in [0.1, 0.15) is 19.0 Å². The predicted molar refractivity (Wildman–Crippen MR) is 79.0 cm³/mol. The van der Waals surface area contributed by atoms with Gasteiger partial charge in [-0.25, -0.2) is 4.39 Å². The van der Waals surface area contributed by atoms with E-state index < -0.39 is 0 Å². The van der Waals surface area contributed by atoms with Crippen molar-refractivity contribution in [2.75, 3.05) is 20.3 Å². The fraction of sp³-hybridized carbons (Fsp3) is 0.294. The fourth-order valence-corrected chi connectivity index (χ4v) is 2.46. The van der Waals surface area contributed by atoms with Gasteiger partial charge in [0.05, 0.1) is 0 Å². The van der Waals surface area contributed by atoms with Gasteiger partial charge in [-0.15, -0.1) is 0 Å². The van der Waals surface area contributed by atoms with Crippen molar-refractivity contribution in [2.24, 2.45) is 0 Å². The third-order valence-electron chi connectivity index (χ3n) is 3.42. The van der Waals surface area contributed by atoms with Crippen molar-refractivity contribution < 1.29 is 13.9 Å². The Balaban J connectivity index is 1.64. The van der Waals surface area contributed by atoms with Crippen molar-refractivity contribution in [1.82, 2.24) is 4.90 Å². The first kappa shape index (κ1) is 13.9. The van der Waals surface area contributed by atoms with Crippen LogP contribution in [0, 0.1) is 5.82 Å². The quantitative estimate of drug-likeness (QED) is 0.862. The minimum atomic E-state index is -0.201. The molecule has 2 aromatic carbocycles. The molecular weight excluding hydrogens is 269 g/mol. The van der Waals surface area contributed by atoms with Crippen LogP contribution in [0.1, 0.15) is 11.1 Å². The van der Waals surface area contributed by atoms with E-state index in [0.717, 1.165) is 30.2 Å². The lowest BCUT2D eigenvalue weighted by molar-refractivity contribution is 0.171. The lowest BCUT2D eigenvalue weighted by atomic mass is 10.1. The normalized spacial score (nSPS) is 13.5. The highest BCUT2D eigenvalue weighted by molar-refractivity contribution is 5.43. The highest BCUT2D eigenvalue weighted by Gasteiger charge is 2.12. The van der Waals surface area contributed by atoms with Gasteiger partial charge in [0.15, 0.2) is 11.5 Å². The number of hydrogen-bond acceptors (Lipinski definition) is 3. The van der Waals surface area contributed by atoms with Crippen molar-refractivity contribution in [3.05, 3.63) is 59.4 Å². The molecule has 0 bridgehead atoms. The maximum absolute atomic E-state index is 12.9. The molecule has 21 heavy (non-hydrogen) atoms. The minimum absolute atomic E-state index is 0.201. The van der Waals surface area contributed by atoms with Crippen molar-refractivity contribution in [1.29, 1.82) is 0 Å². The minimum Gasteiger partial charge on any atom is -0.486 e. The summed E-state index contributed by atoms with van der Waals surface area (Å²) in [5, 5.41) is 0. The summed E-state index contributed by atoms with van der Waals surface area (Å²) in [6, 6.07) is 12.6. The molecule has 1 aliphatic heterocycles. The molecule has 0 amide bonds. The zero-order chi connectivity index (χ0) is 14.7. The van der Waals surface area contributed by atoms with Crippen LogP contribution in [0.3, 0.4) is 0 Å². The van der Waals surface area contributed by atoms with E-state index >= 15 is 0 Å². The molecule has 0 radical (unpaired) electrons. The molecule has 110 valence electrons. The van der Waals surface area contributed by atoms with Gasteiger partial charge >= 0.3 is 0 Å². The van der Waals surface area contributed by atoms with Gasteiger partial charge in [-0.2, -0.15) is 0 Å². The van der Waals surface area contributed by atoms with Crippen molar-refractivity contribution in [3.8, 4) is 11.5 Å². The SMILES string of the molecule is CN(Cc1ccc(F)cc1)Cc1ccc2c(c1)OCCO2. The Kier molecular flexibility index (Phi) is 4.06. The van der Waals surface area contributed by atoms with E-state index in [2.05, 4.69) is 11.0 Å². The molecule has 0 atom stereocenters. The van der Waals surface area contributed by atoms with Crippen LogP contribution in [-0.2, 0) is 13.1 Å². The Hall–Kier alpha value is -2.07. The highest BCUT2D eigenvalue weighted by atomic mass is 19.1. The monoisotopic (exact) mass is 287 g/mol. The summed E-state index contributed by atoms with van der Waals surface area (Å²) in [7, 11) is 2.04. The Labute approximate surface area is 123 Å². The van der Waals surface area contributed by atoms with Crippen LogP contribution in [0.15, 0.2) is 42.5 Å². The summed E-state index contributed by atoms with van der Waals surface area (Å²) in [4.78, 5) is 2.18. The first-order valence-corrected chi connectivity index (χ1v) is 7.02. The van der Waals surface area contributed by atoms with Crippen molar-refractivity contribution in [2.45, 2.75) is 13.1 Å². The maximum atomic E-state index is 12.9. The summed E-state index contributed by atoms with van der Waals surface area (Å²) in [6.45, 7) is 2.78. The number of hydrogen-bond donors (Lipinski definition) is 0. The molecule has 4 heteroatoms. The number of nitrogens with zero attached hydrogens (tertiary/aromatic N) is 1. The topological polar surface area (TPSA) is 21.7 Å². The maximum Gasteiger partial charge on any atom is 0.161 e. The van der Waals surface area contributed by atoms with Gasteiger partial charge in [-0.05, 0) is 42.4 Å². The third-order valence-corrected chi connectivity index (χ3v) is 3.42. The summed E-state index contributed by atoms with van der Waals surface area (Å²) >= 11 is 0. The second-order valence-corrected chi connectivity index (χ2v) is 5.28. The smallest absolute Gasteiger partial charge is 0.161 e. The van der Waals surface area contributed by atoms with E-state index in [4.69, 9.17) is 9.47 Å². The summed E-state index contributed by atoms with van der Waals surface area (Å²) in [6.07, 6.45) is 0. The second kappa shape index (κ2) is 6.14. The summed E-state index contributed by atoms with van der Waals surface area (Å²) < 4.78 is 24.0. The van der Waals surface area contributed by atoms with E-state index in [1.165, 1.54) is 17.7 Å². The average molecular weight is 287 g/mol. The van der Waals surface area contributed by atoms with Crippen molar-refractivity contribution >= 4 is 0 Å². The van der Waals surface area contributed by atoms with Gasteiger partial charge in [0, 0.05) is 13.1 Å². The molecular formula is C17H18FNO2. The molecule has 0 aliphatic carbocycles. The van der Waals surface area contributed by atoms with Gasteiger partial charge in [-0.3, -0.25) is 4.90 Å². The Morgan fingerprint density at radius 3 is 2.29 bits per heavy atom. The predicted octanol–water partition coefficient (Wildman–Crippen LogP) is 3.23. The molecule has 0 spiro atoms. The molecule has 3 rings (SSSR count). The van der Waals surface area contributed by atoms with Gasteiger partial charge in [0.25, 0.3) is 0 Å². The van der Waals surface area contributed by atoms with E-state index in [-0.39, 0.29) is 5.82 Å². The number of fused-ring (bicyclic) bond motifs is 1. The zero-order valence-electron chi connectivity index (χ0n) is 12.0. The van der Waals surface area contributed by atoms with Gasteiger partial charge < -0.3 is 9.47 Å². The van der Waals surface area contributed by atoms with E-state index in [1.54, 1.807) is 0 Å². The van der Waals surface area contributed by atoms with Crippen LogP contribution in [0.4, 0.5) is 4.39 Å². The molecule has 2 aromatic rings. The summed E-state index contributed by atoms with van der Waals surface area (Å²) in [5.41, 5.74) is 2.26. The lowest BCUT2D eigenvalue weighted by Gasteiger charge is -2.21.